The fraction of sp³-hybridized carbons (Fsp3) is 0.571. The predicted molar refractivity (Wildman–Crippen MR) is 73.5 cm³/mol. The van der Waals surface area contributed by atoms with E-state index >= 15 is 0 Å². The minimum atomic E-state index is -2.57. The van der Waals surface area contributed by atoms with Crippen LogP contribution in [0.1, 0.15) is 30.6 Å². The van der Waals surface area contributed by atoms with Crippen LogP contribution < -0.4 is 10.1 Å². The predicted octanol–water partition coefficient (Wildman–Crippen LogP) is 1.86. The van der Waals surface area contributed by atoms with Gasteiger partial charge in [0, 0.05) is 12.3 Å². The highest BCUT2D eigenvalue weighted by Gasteiger charge is 2.15. The number of hydrogen-bond donors (Lipinski definition) is 2. The van der Waals surface area contributed by atoms with Crippen molar-refractivity contribution in [3.05, 3.63) is 23.9 Å². The fourth-order valence-electron chi connectivity index (χ4n) is 1.77. The number of rotatable bonds is 8. The second-order valence-corrected chi connectivity index (χ2v) is 5.07. The van der Waals surface area contributed by atoms with Gasteiger partial charge in [0.15, 0.2) is 6.61 Å². The molecule has 7 heteroatoms. The van der Waals surface area contributed by atoms with Crippen molar-refractivity contribution in [2.24, 2.45) is 5.92 Å². The first-order valence-corrected chi connectivity index (χ1v) is 6.71. The van der Waals surface area contributed by atoms with Crippen LogP contribution in [0.2, 0.25) is 0 Å². The first-order valence-electron chi connectivity index (χ1n) is 6.71. The molecule has 118 valence electrons. The Morgan fingerprint density at radius 2 is 2.14 bits per heavy atom. The first-order chi connectivity index (χ1) is 9.92. The van der Waals surface area contributed by atoms with Crippen LogP contribution in [0.4, 0.5) is 8.78 Å². The number of nitrogens with zero attached hydrogens (tertiary/aromatic N) is 1. The summed E-state index contributed by atoms with van der Waals surface area (Å²) in [6.45, 7) is 3.10. The normalized spacial score (nSPS) is 12.5. The van der Waals surface area contributed by atoms with Crippen molar-refractivity contribution in [3.8, 4) is 5.88 Å². The average molecular weight is 302 g/mol. The number of nitrogens with one attached hydrogen (secondary N) is 1. The van der Waals surface area contributed by atoms with Crippen molar-refractivity contribution in [3.63, 3.8) is 0 Å². The number of halogens is 2. The summed E-state index contributed by atoms with van der Waals surface area (Å²) in [6, 6.07) is 2.47. The lowest BCUT2D eigenvalue weighted by molar-refractivity contribution is 0.0794. The maximum Gasteiger partial charge on any atom is 0.272 e. The smallest absolute Gasteiger partial charge is 0.272 e. The van der Waals surface area contributed by atoms with Crippen LogP contribution in [0.15, 0.2) is 18.3 Å². The number of aromatic nitrogens is 1. The van der Waals surface area contributed by atoms with Gasteiger partial charge in [0.2, 0.25) is 5.88 Å². The SMILES string of the molecule is CC(C)CC(CO)NC(=O)c1ccc(OCC(F)F)nc1. The van der Waals surface area contributed by atoms with Crippen LogP contribution in [0.3, 0.4) is 0 Å². The van der Waals surface area contributed by atoms with Crippen molar-refractivity contribution in [1.29, 1.82) is 0 Å². The number of carbonyl (C=O) groups excluding carboxylic acids is 1. The monoisotopic (exact) mass is 302 g/mol. The minimum Gasteiger partial charge on any atom is -0.472 e. The highest BCUT2D eigenvalue weighted by atomic mass is 19.3. The summed E-state index contributed by atoms with van der Waals surface area (Å²) in [4.78, 5) is 15.7. The van der Waals surface area contributed by atoms with E-state index in [2.05, 4.69) is 10.3 Å². The highest BCUT2D eigenvalue weighted by molar-refractivity contribution is 5.94. The molecule has 1 amide bonds. The van der Waals surface area contributed by atoms with Gasteiger partial charge in [0.25, 0.3) is 12.3 Å². The molecule has 0 spiro atoms. The van der Waals surface area contributed by atoms with Crippen molar-refractivity contribution in [2.45, 2.75) is 32.7 Å². The number of aliphatic hydroxyl groups is 1. The molecule has 0 aliphatic heterocycles. The summed E-state index contributed by atoms with van der Waals surface area (Å²) in [5.41, 5.74) is 0.279. The van der Waals surface area contributed by atoms with Gasteiger partial charge in [-0.2, -0.15) is 0 Å². The molecular weight excluding hydrogens is 282 g/mol. The van der Waals surface area contributed by atoms with E-state index in [-0.39, 0.29) is 30.0 Å². The third-order valence-corrected chi connectivity index (χ3v) is 2.67. The van der Waals surface area contributed by atoms with E-state index in [1.54, 1.807) is 0 Å². The fourth-order valence-corrected chi connectivity index (χ4v) is 1.77. The van der Waals surface area contributed by atoms with Crippen LogP contribution in [0, 0.1) is 5.92 Å². The second-order valence-electron chi connectivity index (χ2n) is 5.07. The number of ether oxygens (including phenoxy) is 1. The van der Waals surface area contributed by atoms with E-state index in [4.69, 9.17) is 4.74 Å². The van der Waals surface area contributed by atoms with Gasteiger partial charge in [-0.3, -0.25) is 4.79 Å². The Labute approximate surface area is 122 Å². The zero-order chi connectivity index (χ0) is 15.8. The van der Waals surface area contributed by atoms with Gasteiger partial charge in [0.1, 0.15) is 0 Å². The molecule has 0 fully saturated rings. The molecule has 1 rings (SSSR count). The Morgan fingerprint density at radius 3 is 2.62 bits per heavy atom. The number of aliphatic hydroxyl groups excluding tert-OH is 1. The van der Waals surface area contributed by atoms with Crippen molar-refractivity contribution >= 4 is 5.91 Å². The molecule has 5 nitrogen and oxygen atoms in total. The summed E-state index contributed by atoms with van der Waals surface area (Å²) in [7, 11) is 0. The van der Waals surface area contributed by atoms with Gasteiger partial charge in [-0.05, 0) is 18.4 Å². The first kappa shape index (κ1) is 17.3. The Morgan fingerprint density at radius 1 is 1.43 bits per heavy atom. The van der Waals surface area contributed by atoms with Crippen molar-refractivity contribution in [1.82, 2.24) is 10.3 Å². The largest absolute Gasteiger partial charge is 0.472 e. The van der Waals surface area contributed by atoms with E-state index < -0.39 is 13.0 Å². The molecule has 1 unspecified atom stereocenters. The molecule has 0 aromatic carbocycles. The number of carbonyl (C=O) groups is 1. The van der Waals surface area contributed by atoms with Crippen LogP contribution in [-0.2, 0) is 0 Å². The molecule has 0 saturated carbocycles. The maximum atomic E-state index is 12.0. The molecule has 0 radical (unpaired) electrons. The average Bonchev–Trinajstić information content (AvgIpc) is 2.44. The number of alkyl halides is 2. The zero-order valence-electron chi connectivity index (χ0n) is 12.1. The quantitative estimate of drug-likeness (QED) is 0.769. The van der Waals surface area contributed by atoms with Crippen LogP contribution in [-0.4, -0.2) is 41.7 Å². The van der Waals surface area contributed by atoms with E-state index in [9.17, 15) is 18.7 Å². The molecule has 1 aromatic rings. The Hall–Kier alpha value is -1.76. The van der Waals surface area contributed by atoms with Gasteiger partial charge in [-0.1, -0.05) is 13.8 Å². The highest BCUT2D eigenvalue weighted by Crippen LogP contribution is 2.10. The molecule has 21 heavy (non-hydrogen) atoms. The molecule has 1 aromatic heterocycles. The van der Waals surface area contributed by atoms with Crippen LogP contribution in [0.25, 0.3) is 0 Å². The standard InChI is InChI=1S/C14H20F2N2O3/c1-9(2)5-11(7-19)18-14(20)10-3-4-13(17-6-10)21-8-12(15)16/h3-4,6,9,11-12,19H,5,7-8H2,1-2H3,(H,18,20). The lowest BCUT2D eigenvalue weighted by Crippen LogP contribution is -2.38. The molecule has 1 atom stereocenters. The van der Waals surface area contributed by atoms with E-state index in [1.807, 2.05) is 13.8 Å². The summed E-state index contributed by atoms with van der Waals surface area (Å²) < 4.78 is 28.7. The van der Waals surface area contributed by atoms with E-state index in [0.29, 0.717) is 12.3 Å². The maximum absolute atomic E-state index is 12.0. The topological polar surface area (TPSA) is 71.5 Å². The van der Waals surface area contributed by atoms with Gasteiger partial charge >= 0.3 is 0 Å². The van der Waals surface area contributed by atoms with E-state index in [0.717, 1.165) is 0 Å². The van der Waals surface area contributed by atoms with Crippen LogP contribution >= 0.6 is 0 Å². The Balaban J connectivity index is 2.58. The Bertz CT molecular complexity index is 438. The lowest BCUT2D eigenvalue weighted by Gasteiger charge is -2.18. The molecule has 2 N–H and O–H groups in total. The number of amides is 1. The summed E-state index contributed by atoms with van der Waals surface area (Å²) in [5, 5.41) is 11.9. The Kier molecular flexibility index (Phi) is 7.01. The van der Waals surface area contributed by atoms with Crippen molar-refractivity contribution in [2.75, 3.05) is 13.2 Å². The molecule has 0 saturated heterocycles. The lowest BCUT2D eigenvalue weighted by atomic mass is 10.0. The summed E-state index contributed by atoms with van der Waals surface area (Å²) >= 11 is 0. The minimum absolute atomic E-state index is 0.0349. The summed E-state index contributed by atoms with van der Waals surface area (Å²) in [5.74, 6) is 0.000969. The summed E-state index contributed by atoms with van der Waals surface area (Å²) in [6.07, 6.45) is -0.665. The van der Waals surface area contributed by atoms with Crippen LogP contribution in [0.5, 0.6) is 5.88 Å². The number of pyridine rings is 1. The number of hydrogen-bond acceptors (Lipinski definition) is 4. The third-order valence-electron chi connectivity index (χ3n) is 2.67. The molecular formula is C14H20F2N2O3. The molecule has 0 aliphatic carbocycles. The van der Waals surface area contributed by atoms with Gasteiger partial charge in [0.05, 0.1) is 18.2 Å². The zero-order valence-corrected chi connectivity index (χ0v) is 12.1. The van der Waals surface area contributed by atoms with Gasteiger partial charge in [-0.15, -0.1) is 0 Å². The van der Waals surface area contributed by atoms with Gasteiger partial charge < -0.3 is 15.2 Å². The van der Waals surface area contributed by atoms with Crippen molar-refractivity contribution < 1.29 is 23.4 Å². The van der Waals surface area contributed by atoms with Gasteiger partial charge in [-0.25, -0.2) is 13.8 Å². The third kappa shape index (κ3) is 6.48. The molecule has 0 aliphatic rings. The molecule has 1 heterocycles. The molecule has 0 bridgehead atoms. The second kappa shape index (κ2) is 8.51. The van der Waals surface area contributed by atoms with E-state index in [1.165, 1.54) is 18.3 Å².